The van der Waals surface area contributed by atoms with Crippen molar-refractivity contribution in [2.75, 3.05) is 19.7 Å². The molecule has 3 aromatic rings. The molecule has 2 aromatic heterocycles. The molecule has 1 unspecified atom stereocenters. The summed E-state index contributed by atoms with van der Waals surface area (Å²) in [7, 11) is 1.83. The molecule has 1 fully saturated rings. The third kappa shape index (κ3) is 3.63. The molecule has 6 nitrogen and oxygen atoms in total. The van der Waals surface area contributed by atoms with Gasteiger partial charge >= 0.3 is 0 Å². The van der Waals surface area contributed by atoms with E-state index in [1.54, 1.807) is 35.3 Å². The number of rotatable bonds is 4. The number of para-hydroxylation sites is 1. The number of amides is 1. The fraction of sp³-hybridized carbons (Fsp3) is 0.350. The minimum atomic E-state index is -0.364. The van der Waals surface area contributed by atoms with Crippen molar-refractivity contribution in [3.63, 3.8) is 0 Å². The molecule has 0 bridgehead atoms. The van der Waals surface area contributed by atoms with Crippen molar-refractivity contribution in [2.45, 2.75) is 12.8 Å². The largest absolute Gasteiger partial charge is 0.490 e. The number of carbonyl (C=O) groups excluding carboxylic acids is 1. The van der Waals surface area contributed by atoms with Crippen molar-refractivity contribution in [1.82, 2.24) is 19.7 Å². The Balaban J connectivity index is 1.43. The van der Waals surface area contributed by atoms with Crippen LogP contribution in [0.5, 0.6) is 5.75 Å². The molecule has 0 spiro atoms. The predicted octanol–water partition coefficient (Wildman–Crippen LogP) is 3.04. The van der Waals surface area contributed by atoms with Crippen LogP contribution in [0.4, 0.5) is 4.39 Å². The van der Waals surface area contributed by atoms with Crippen molar-refractivity contribution >= 4 is 16.9 Å². The Bertz CT molecular complexity index is 972. The average Bonchev–Trinajstić information content (AvgIpc) is 3.07. The number of piperidine rings is 1. The van der Waals surface area contributed by atoms with Gasteiger partial charge in [0, 0.05) is 32.3 Å². The summed E-state index contributed by atoms with van der Waals surface area (Å²) in [6.07, 6.45) is 5.14. The summed E-state index contributed by atoms with van der Waals surface area (Å²) in [4.78, 5) is 19.1. The van der Waals surface area contributed by atoms with Crippen LogP contribution < -0.4 is 4.74 Å². The van der Waals surface area contributed by atoms with Crippen molar-refractivity contribution in [1.29, 1.82) is 0 Å². The van der Waals surface area contributed by atoms with Gasteiger partial charge in [0.15, 0.2) is 11.6 Å². The van der Waals surface area contributed by atoms with E-state index in [-0.39, 0.29) is 23.4 Å². The average molecular weight is 368 g/mol. The summed E-state index contributed by atoms with van der Waals surface area (Å²) in [6, 6.07) is 8.22. The fourth-order valence-electron chi connectivity index (χ4n) is 3.48. The third-order valence-electron chi connectivity index (χ3n) is 4.96. The molecule has 4 rings (SSSR count). The van der Waals surface area contributed by atoms with Gasteiger partial charge in [-0.1, -0.05) is 12.1 Å². The molecular weight excluding hydrogens is 347 g/mol. The van der Waals surface area contributed by atoms with Crippen LogP contribution in [0.3, 0.4) is 0 Å². The highest BCUT2D eigenvalue weighted by Crippen LogP contribution is 2.22. The number of aryl methyl sites for hydroxylation is 1. The number of ether oxygens (including phenoxy) is 1. The zero-order valence-corrected chi connectivity index (χ0v) is 15.1. The lowest BCUT2D eigenvalue weighted by Crippen LogP contribution is -2.41. The maximum Gasteiger partial charge on any atom is 0.255 e. The van der Waals surface area contributed by atoms with Crippen LogP contribution in [0.15, 0.2) is 42.7 Å². The molecule has 1 atom stereocenters. The number of hydrogen-bond donors (Lipinski definition) is 0. The zero-order valence-electron chi connectivity index (χ0n) is 15.1. The van der Waals surface area contributed by atoms with Crippen molar-refractivity contribution in [2.24, 2.45) is 13.0 Å². The Morgan fingerprint density at radius 1 is 1.33 bits per heavy atom. The van der Waals surface area contributed by atoms with Gasteiger partial charge in [-0.15, -0.1) is 0 Å². The monoisotopic (exact) mass is 368 g/mol. The quantitative estimate of drug-likeness (QED) is 0.710. The SMILES string of the molecule is Cn1ncc2ncc(C(=O)N3CCCC(COc4ccccc4F)C3)cc21. The molecule has 0 aliphatic carbocycles. The Labute approximate surface area is 156 Å². The standard InChI is InChI=1S/C20H21FN4O2/c1-24-18-9-15(10-22-17(18)11-23-24)20(26)25-8-4-5-14(12-25)13-27-19-7-3-2-6-16(19)21/h2-3,6-7,9-11,14H,4-5,8,12-13H2,1H3. The number of likely N-dealkylation sites (tertiary alicyclic amines) is 1. The van der Waals surface area contributed by atoms with Crippen LogP contribution in [-0.4, -0.2) is 45.3 Å². The van der Waals surface area contributed by atoms with E-state index in [0.29, 0.717) is 25.3 Å². The highest BCUT2D eigenvalue weighted by molar-refractivity contribution is 5.96. The molecule has 0 N–H and O–H groups in total. The van der Waals surface area contributed by atoms with E-state index in [1.165, 1.54) is 6.07 Å². The lowest BCUT2D eigenvalue weighted by atomic mass is 9.98. The predicted molar refractivity (Wildman–Crippen MR) is 99.0 cm³/mol. The van der Waals surface area contributed by atoms with Gasteiger partial charge in [-0.2, -0.15) is 5.10 Å². The molecule has 1 aliphatic rings. The van der Waals surface area contributed by atoms with Gasteiger partial charge < -0.3 is 9.64 Å². The van der Waals surface area contributed by atoms with E-state index < -0.39 is 0 Å². The van der Waals surface area contributed by atoms with Crippen LogP contribution in [-0.2, 0) is 7.05 Å². The number of halogens is 1. The number of hydrogen-bond acceptors (Lipinski definition) is 4. The van der Waals surface area contributed by atoms with Crippen molar-refractivity contribution in [3.05, 3.63) is 54.1 Å². The third-order valence-corrected chi connectivity index (χ3v) is 4.96. The van der Waals surface area contributed by atoms with Crippen LogP contribution in [0.25, 0.3) is 11.0 Å². The van der Waals surface area contributed by atoms with Crippen LogP contribution in [0.2, 0.25) is 0 Å². The molecule has 0 radical (unpaired) electrons. The van der Waals surface area contributed by atoms with Gasteiger partial charge in [0.2, 0.25) is 0 Å². The minimum Gasteiger partial charge on any atom is -0.490 e. The highest BCUT2D eigenvalue weighted by Gasteiger charge is 2.25. The maximum absolute atomic E-state index is 13.7. The second-order valence-electron chi connectivity index (χ2n) is 6.90. The summed E-state index contributed by atoms with van der Waals surface area (Å²) in [5.74, 6) is 0.0282. The van der Waals surface area contributed by atoms with E-state index in [1.807, 2.05) is 18.0 Å². The van der Waals surface area contributed by atoms with Gasteiger partial charge in [-0.05, 0) is 31.0 Å². The first-order chi connectivity index (χ1) is 13.1. The highest BCUT2D eigenvalue weighted by atomic mass is 19.1. The van der Waals surface area contributed by atoms with Gasteiger partial charge in [0.05, 0.1) is 23.9 Å². The molecule has 1 saturated heterocycles. The molecule has 27 heavy (non-hydrogen) atoms. The second-order valence-corrected chi connectivity index (χ2v) is 6.90. The molecule has 1 aromatic carbocycles. The Kier molecular flexibility index (Phi) is 4.75. The Morgan fingerprint density at radius 3 is 3.04 bits per heavy atom. The Hall–Kier alpha value is -2.96. The number of aromatic nitrogens is 3. The van der Waals surface area contributed by atoms with E-state index in [4.69, 9.17) is 4.74 Å². The molecule has 0 saturated carbocycles. The molecule has 3 heterocycles. The fourth-order valence-corrected chi connectivity index (χ4v) is 3.48. The second kappa shape index (κ2) is 7.34. The summed E-state index contributed by atoms with van der Waals surface area (Å²) >= 11 is 0. The molecule has 140 valence electrons. The summed E-state index contributed by atoms with van der Waals surface area (Å²) in [6.45, 7) is 1.69. The summed E-state index contributed by atoms with van der Waals surface area (Å²) in [5.41, 5.74) is 2.16. The number of benzene rings is 1. The Morgan fingerprint density at radius 2 is 2.19 bits per heavy atom. The zero-order chi connectivity index (χ0) is 18.8. The topological polar surface area (TPSA) is 60.2 Å². The molecule has 1 aliphatic heterocycles. The molecule has 1 amide bonds. The maximum atomic E-state index is 13.7. The first kappa shape index (κ1) is 17.5. The van der Waals surface area contributed by atoms with Crippen LogP contribution in [0.1, 0.15) is 23.2 Å². The minimum absolute atomic E-state index is 0.0406. The van der Waals surface area contributed by atoms with Crippen molar-refractivity contribution in [3.8, 4) is 5.75 Å². The number of pyridine rings is 1. The first-order valence-electron chi connectivity index (χ1n) is 9.06. The van der Waals surface area contributed by atoms with Crippen molar-refractivity contribution < 1.29 is 13.9 Å². The lowest BCUT2D eigenvalue weighted by Gasteiger charge is -2.32. The molecular formula is C20H21FN4O2. The van der Waals surface area contributed by atoms with Gasteiger partial charge in [-0.3, -0.25) is 14.5 Å². The first-order valence-corrected chi connectivity index (χ1v) is 9.06. The lowest BCUT2D eigenvalue weighted by molar-refractivity contribution is 0.0631. The van der Waals surface area contributed by atoms with Crippen LogP contribution >= 0.6 is 0 Å². The van der Waals surface area contributed by atoms with Gasteiger partial charge in [-0.25, -0.2) is 4.39 Å². The summed E-state index contributed by atoms with van der Waals surface area (Å²) < 4.78 is 21.0. The van der Waals surface area contributed by atoms with Crippen LogP contribution in [0, 0.1) is 11.7 Å². The number of nitrogens with zero attached hydrogens (tertiary/aromatic N) is 4. The van der Waals surface area contributed by atoms with E-state index in [0.717, 1.165) is 23.9 Å². The molecule has 7 heteroatoms. The van der Waals surface area contributed by atoms with Gasteiger partial charge in [0.1, 0.15) is 5.52 Å². The normalized spacial score (nSPS) is 17.3. The van der Waals surface area contributed by atoms with E-state index >= 15 is 0 Å². The van der Waals surface area contributed by atoms with Gasteiger partial charge in [0.25, 0.3) is 5.91 Å². The smallest absolute Gasteiger partial charge is 0.255 e. The summed E-state index contributed by atoms with van der Waals surface area (Å²) in [5, 5.41) is 4.16. The number of fused-ring (bicyclic) bond motifs is 1. The number of carbonyl (C=O) groups is 1. The van der Waals surface area contributed by atoms with E-state index in [2.05, 4.69) is 10.1 Å². The van der Waals surface area contributed by atoms with E-state index in [9.17, 15) is 9.18 Å².